The van der Waals surface area contributed by atoms with Gasteiger partial charge in [0.1, 0.15) is 5.75 Å². The van der Waals surface area contributed by atoms with Crippen molar-refractivity contribution in [2.45, 2.75) is 25.7 Å². The van der Waals surface area contributed by atoms with Crippen LogP contribution in [0.15, 0.2) is 36.4 Å². The second-order valence-electron chi connectivity index (χ2n) is 5.35. The van der Waals surface area contributed by atoms with Crippen LogP contribution < -0.4 is 10.5 Å². The van der Waals surface area contributed by atoms with Gasteiger partial charge >= 0.3 is 0 Å². The molecule has 0 amide bonds. The van der Waals surface area contributed by atoms with Crippen molar-refractivity contribution in [3.8, 4) is 5.75 Å². The molecular weight excluding hydrogens is 222 g/mol. The Labute approximate surface area is 109 Å². The van der Waals surface area contributed by atoms with Crippen LogP contribution in [0.1, 0.15) is 25.8 Å². The van der Waals surface area contributed by atoms with Gasteiger partial charge in [0, 0.05) is 0 Å². The molecule has 2 rings (SSSR count). The van der Waals surface area contributed by atoms with Gasteiger partial charge in [0.05, 0.1) is 7.11 Å². The molecule has 18 heavy (non-hydrogen) atoms. The normalized spacial score (nSPS) is 11.8. The maximum absolute atomic E-state index is 5.69. The summed E-state index contributed by atoms with van der Waals surface area (Å²) in [5.41, 5.74) is 7.15. The topological polar surface area (TPSA) is 35.2 Å². The number of hydrogen-bond donors (Lipinski definition) is 1. The number of nitrogens with two attached hydrogens (primary N) is 1. The highest BCUT2D eigenvalue weighted by Crippen LogP contribution is 2.30. The van der Waals surface area contributed by atoms with Crippen molar-refractivity contribution in [2.75, 3.05) is 13.7 Å². The van der Waals surface area contributed by atoms with E-state index in [1.807, 2.05) is 6.07 Å². The molecule has 0 radical (unpaired) electrons. The number of fused-ring (bicyclic) bond motifs is 1. The maximum Gasteiger partial charge on any atom is 0.119 e. The predicted octanol–water partition coefficient (Wildman–Crippen LogP) is 3.47. The zero-order chi connectivity index (χ0) is 13.2. The average Bonchev–Trinajstić information content (AvgIpc) is 2.37. The Morgan fingerprint density at radius 3 is 2.39 bits per heavy atom. The molecule has 0 saturated heterocycles. The molecule has 2 N–H and O–H groups in total. The van der Waals surface area contributed by atoms with Crippen LogP contribution in [0.25, 0.3) is 10.8 Å². The van der Waals surface area contributed by atoms with Gasteiger partial charge in [0.25, 0.3) is 0 Å². The van der Waals surface area contributed by atoms with Crippen LogP contribution in [0, 0.1) is 0 Å². The summed E-state index contributed by atoms with van der Waals surface area (Å²) < 4.78 is 5.24. The summed E-state index contributed by atoms with van der Waals surface area (Å²) in [6.07, 6.45) is 0.995. The molecule has 0 spiro atoms. The molecule has 0 atom stereocenters. The van der Waals surface area contributed by atoms with Gasteiger partial charge in [-0.3, -0.25) is 0 Å². The van der Waals surface area contributed by atoms with Crippen LogP contribution in [0.2, 0.25) is 0 Å². The minimum absolute atomic E-state index is 0.128. The fourth-order valence-electron chi connectivity index (χ4n) is 2.28. The summed E-state index contributed by atoms with van der Waals surface area (Å²) in [4.78, 5) is 0. The van der Waals surface area contributed by atoms with E-state index in [0.717, 1.165) is 12.2 Å². The third kappa shape index (κ3) is 2.49. The highest BCUT2D eigenvalue weighted by Gasteiger charge is 2.19. The lowest BCUT2D eigenvalue weighted by molar-refractivity contribution is 0.415. The Kier molecular flexibility index (Phi) is 3.58. The van der Waals surface area contributed by atoms with E-state index in [0.29, 0.717) is 6.54 Å². The summed E-state index contributed by atoms with van der Waals surface area (Å²) in [7, 11) is 1.69. The Balaban J connectivity index is 2.45. The van der Waals surface area contributed by atoms with Crippen molar-refractivity contribution in [2.24, 2.45) is 5.73 Å². The van der Waals surface area contributed by atoms with Gasteiger partial charge in [-0.05, 0) is 46.8 Å². The van der Waals surface area contributed by atoms with E-state index in [-0.39, 0.29) is 5.41 Å². The van der Waals surface area contributed by atoms with Gasteiger partial charge < -0.3 is 10.5 Å². The van der Waals surface area contributed by atoms with Gasteiger partial charge in [-0.2, -0.15) is 0 Å². The molecule has 0 aliphatic heterocycles. The largest absolute Gasteiger partial charge is 0.497 e. The Morgan fingerprint density at radius 2 is 1.72 bits per heavy atom. The van der Waals surface area contributed by atoms with Gasteiger partial charge in [-0.15, -0.1) is 0 Å². The molecule has 0 aromatic heterocycles. The highest BCUT2D eigenvalue weighted by atomic mass is 16.5. The first kappa shape index (κ1) is 12.9. The van der Waals surface area contributed by atoms with Gasteiger partial charge in [0.2, 0.25) is 0 Å². The molecule has 0 unspecified atom stereocenters. The lowest BCUT2D eigenvalue weighted by atomic mass is 9.81. The van der Waals surface area contributed by atoms with E-state index in [4.69, 9.17) is 10.5 Å². The van der Waals surface area contributed by atoms with Crippen LogP contribution in [-0.4, -0.2) is 13.7 Å². The van der Waals surface area contributed by atoms with Crippen molar-refractivity contribution in [1.29, 1.82) is 0 Å². The summed E-state index contributed by atoms with van der Waals surface area (Å²) in [5.74, 6) is 0.900. The second kappa shape index (κ2) is 4.99. The van der Waals surface area contributed by atoms with Crippen molar-refractivity contribution in [3.05, 3.63) is 42.0 Å². The number of benzene rings is 2. The van der Waals surface area contributed by atoms with Crippen molar-refractivity contribution in [3.63, 3.8) is 0 Å². The number of rotatable bonds is 4. The first-order valence-corrected chi connectivity index (χ1v) is 6.35. The molecule has 2 heteroatoms. The van der Waals surface area contributed by atoms with E-state index >= 15 is 0 Å². The molecular formula is C16H21NO. The van der Waals surface area contributed by atoms with E-state index in [2.05, 4.69) is 44.2 Å². The first-order chi connectivity index (χ1) is 8.56. The van der Waals surface area contributed by atoms with Gasteiger partial charge in [-0.1, -0.05) is 38.1 Å². The number of methoxy groups -OCH3 is 1. The van der Waals surface area contributed by atoms with E-state index in [1.165, 1.54) is 16.3 Å². The fourth-order valence-corrected chi connectivity index (χ4v) is 2.28. The third-order valence-corrected chi connectivity index (χ3v) is 3.60. The molecule has 0 bridgehead atoms. The molecule has 0 heterocycles. The summed E-state index contributed by atoms with van der Waals surface area (Å²) >= 11 is 0. The van der Waals surface area contributed by atoms with E-state index in [1.54, 1.807) is 7.11 Å². The summed E-state index contributed by atoms with van der Waals surface area (Å²) in [6, 6.07) is 12.8. The second-order valence-corrected chi connectivity index (χ2v) is 5.35. The lowest BCUT2D eigenvalue weighted by Gasteiger charge is -2.25. The standard InChI is InChI=1S/C16H21NO/c1-16(2,8-9-17)14-6-4-13-11-15(18-3)7-5-12(13)10-14/h4-7,10-11H,8-9,17H2,1-3H3. The first-order valence-electron chi connectivity index (χ1n) is 6.35. The SMILES string of the molecule is COc1ccc2cc(C(C)(C)CCN)ccc2c1. The Morgan fingerprint density at radius 1 is 1.06 bits per heavy atom. The molecule has 96 valence electrons. The van der Waals surface area contributed by atoms with Crippen LogP contribution in [-0.2, 0) is 5.41 Å². The predicted molar refractivity (Wildman–Crippen MR) is 77.2 cm³/mol. The van der Waals surface area contributed by atoms with Crippen molar-refractivity contribution >= 4 is 10.8 Å². The summed E-state index contributed by atoms with van der Waals surface area (Å²) in [5, 5.41) is 2.46. The van der Waals surface area contributed by atoms with Crippen molar-refractivity contribution < 1.29 is 4.74 Å². The molecule has 2 aromatic rings. The quantitative estimate of drug-likeness (QED) is 0.892. The van der Waals surface area contributed by atoms with Crippen LogP contribution in [0.5, 0.6) is 5.75 Å². The smallest absolute Gasteiger partial charge is 0.119 e. The average molecular weight is 243 g/mol. The Bertz CT molecular complexity index is 546. The van der Waals surface area contributed by atoms with Crippen LogP contribution >= 0.6 is 0 Å². The van der Waals surface area contributed by atoms with E-state index in [9.17, 15) is 0 Å². The van der Waals surface area contributed by atoms with Crippen LogP contribution in [0.3, 0.4) is 0 Å². The molecule has 0 aliphatic rings. The number of ether oxygens (including phenoxy) is 1. The molecule has 0 saturated carbocycles. The van der Waals surface area contributed by atoms with E-state index < -0.39 is 0 Å². The van der Waals surface area contributed by atoms with Crippen LogP contribution in [0.4, 0.5) is 0 Å². The zero-order valence-corrected chi connectivity index (χ0v) is 11.4. The molecule has 0 fully saturated rings. The van der Waals surface area contributed by atoms with Gasteiger partial charge in [-0.25, -0.2) is 0 Å². The molecule has 0 aliphatic carbocycles. The van der Waals surface area contributed by atoms with Gasteiger partial charge in [0.15, 0.2) is 0 Å². The minimum atomic E-state index is 0.128. The third-order valence-electron chi connectivity index (χ3n) is 3.60. The fraction of sp³-hybridized carbons (Fsp3) is 0.375. The summed E-state index contributed by atoms with van der Waals surface area (Å²) in [6.45, 7) is 5.20. The highest BCUT2D eigenvalue weighted by molar-refractivity contribution is 5.84. The maximum atomic E-state index is 5.69. The Hall–Kier alpha value is -1.54. The zero-order valence-electron chi connectivity index (χ0n) is 11.4. The van der Waals surface area contributed by atoms with Crippen molar-refractivity contribution in [1.82, 2.24) is 0 Å². The molecule has 2 aromatic carbocycles. The monoisotopic (exact) mass is 243 g/mol. The molecule has 2 nitrogen and oxygen atoms in total. The number of hydrogen-bond acceptors (Lipinski definition) is 2. The minimum Gasteiger partial charge on any atom is -0.497 e. The lowest BCUT2D eigenvalue weighted by Crippen LogP contribution is -2.21.